The van der Waals surface area contributed by atoms with Gasteiger partial charge in [0.15, 0.2) is 5.96 Å². The maximum absolute atomic E-state index is 5.86. The minimum absolute atomic E-state index is 0. The van der Waals surface area contributed by atoms with Gasteiger partial charge in [0.1, 0.15) is 12.4 Å². The van der Waals surface area contributed by atoms with Crippen LogP contribution in [0.25, 0.3) is 0 Å². The summed E-state index contributed by atoms with van der Waals surface area (Å²) in [7, 11) is 1.86. The van der Waals surface area contributed by atoms with Gasteiger partial charge in [0.25, 0.3) is 0 Å². The van der Waals surface area contributed by atoms with Crippen LogP contribution in [0.3, 0.4) is 0 Å². The Morgan fingerprint density at radius 2 is 1.97 bits per heavy atom. The molecule has 2 saturated heterocycles. The molecule has 29 heavy (non-hydrogen) atoms. The highest BCUT2D eigenvalue weighted by Gasteiger charge is 2.42. The molecule has 2 aromatic carbocycles. The summed E-state index contributed by atoms with van der Waals surface area (Å²) in [5.41, 5.74) is 2.74. The number of likely N-dealkylation sites (tertiary alicyclic amines) is 1. The normalized spacial score (nSPS) is 21.3. The highest BCUT2D eigenvalue weighted by atomic mass is 127. The van der Waals surface area contributed by atoms with Gasteiger partial charge in [-0.25, -0.2) is 0 Å². The predicted octanol–water partition coefficient (Wildman–Crippen LogP) is 4.07. The molecule has 6 heteroatoms. The largest absolute Gasteiger partial charge is 0.489 e. The van der Waals surface area contributed by atoms with E-state index in [1.807, 2.05) is 37.4 Å². The summed E-state index contributed by atoms with van der Waals surface area (Å²) >= 11 is 0. The number of aliphatic imine (C=N–C) groups is 1. The van der Waals surface area contributed by atoms with E-state index in [-0.39, 0.29) is 24.0 Å². The van der Waals surface area contributed by atoms with Gasteiger partial charge in [0.05, 0.1) is 6.61 Å². The smallest absolute Gasteiger partial charge is 0.193 e. The Kier molecular flexibility index (Phi) is 7.77. The fourth-order valence-electron chi connectivity index (χ4n) is 4.11. The number of guanidine groups is 1. The molecule has 4 rings (SSSR count). The van der Waals surface area contributed by atoms with Gasteiger partial charge < -0.3 is 19.7 Å². The van der Waals surface area contributed by atoms with Crippen LogP contribution in [-0.2, 0) is 17.9 Å². The molecular weight excluding hydrogens is 477 g/mol. The Balaban J connectivity index is 0.00000240. The molecule has 2 fully saturated rings. The number of nitrogens with zero attached hydrogens (tertiary/aromatic N) is 2. The first-order chi connectivity index (χ1) is 13.8. The van der Waals surface area contributed by atoms with E-state index in [0.29, 0.717) is 12.0 Å². The molecular formula is C23H30IN3O2. The Bertz CT molecular complexity index is 807. The van der Waals surface area contributed by atoms with Gasteiger partial charge in [-0.15, -0.1) is 24.0 Å². The summed E-state index contributed by atoms with van der Waals surface area (Å²) in [4.78, 5) is 6.88. The van der Waals surface area contributed by atoms with Gasteiger partial charge in [-0.2, -0.15) is 0 Å². The molecule has 156 valence electrons. The lowest BCUT2D eigenvalue weighted by atomic mass is 9.87. The molecule has 0 aliphatic carbocycles. The second-order valence-corrected chi connectivity index (χ2v) is 7.80. The molecule has 0 bridgehead atoms. The van der Waals surface area contributed by atoms with E-state index in [1.54, 1.807) is 0 Å². The molecule has 0 aromatic heterocycles. The number of nitrogens with one attached hydrogen (secondary N) is 1. The first-order valence-corrected chi connectivity index (χ1v) is 10.1. The molecule has 2 aliphatic rings. The van der Waals surface area contributed by atoms with Crippen molar-refractivity contribution in [2.24, 2.45) is 10.4 Å². The van der Waals surface area contributed by atoms with E-state index in [4.69, 9.17) is 9.47 Å². The fraction of sp³-hybridized carbons (Fsp3) is 0.435. The van der Waals surface area contributed by atoms with Crippen LogP contribution in [0.4, 0.5) is 0 Å². The maximum Gasteiger partial charge on any atom is 0.193 e. The van der Waals surface area contributed by atoms with E-state index in [1.165, 1.54) is 24.0 Å². The third kappa shape index (κ3) is 5.63. The van der Waals surface area contributed by atoms with Crippen molar-refractivity contribution in [3.8, 4) is 5.75 Å². The van der Waals surface area contributed by atoms with E-state index in [0.717, 1.165) is 44.6 Å². The number of para-hydroxylation sites is 1. The lowest BCUT2D eigenvalue weighted by Crippen LogP contribution is -2.41. The minimum atomic E-state index is 0. The first kappa shape index (κ1) is 21.9. The summed E-state index contributed by atoms with van der Waals surface area (Å²) in [5.74, 6) is 1.87. The standard InChI is InChI=1S/C23H29N3O2.HI/c1-24-22(26-12-10-23(17-26)11-13-27-18-23)25-15-19-6-5-7-20(14-19)16-28-21-8-3-2-4-9-21;/h2-9,14H,10-13,15-18H2,1H3,(H,24,25);1H. The summed E-state index contributed by atoms with van der Waals surface area (Å²) in [6.07, 6.45) is 2.37. The van der Waals surface area contributed by atoms with Crippen LogP contribution in [-0.4, -0.2) is 44.2 Å². The van der Waals surface area contributed by atoms with E-state index in [2.05, 4.69) is 39.5 Å². The van der Waals surface area contributed by atoms with Crippen molar-refractivity contribution in [1.82, 2.24) is 10.2 Å². The zero-order valence-corrected chi connectivity index (χ0v) is 19.3. The van der Waals surface area contributed by atoms with Gasteiger partial charge in [-0.1, -0.05) is 42.5 Å². The van der Waals surface area contributed by atoms with Crippen LogP contribution < -0.4 is 10.1 Å². The van der Waals surface area contributed by atoms with Crippen LogP contribution in [0.15, 0.2) is 59.6 Å². The van der Waals surface area contributed by atoms with Crippen LogP contribution >= 0.6 is 24.0 Å². The summed E-state index contributed by atoms with van der Waals surface area (Å²) in [6, 6.07) is 18.5. The van der Waals surface area contributed by atoms with Crippen LogP contribution in [0.5, 0.6) is 5.75 Å². The molecule has 2 aliphatic heterocycles. The number of hydrogen-bond donors (Lipinski definition) is 1. The topological polar surface area (TPSA) is 46.1 Å². The predicted molar refractivity (Wildman–Crippen MR) is 127 cm³/mol. The van der Waals surface area contributed by atoms with Crippen molar-refractivity contribution in [1.29, 1.82) is 0 Å². The first-order valence-electron chi connectivity index (χ1n) is 10.1. The van der Waals surface area contributed by atoms with Gasteiger partial charge in [0, 0.05) is 38.7 Å². The second kappa shape index (κ2) is 10.3. The number of benzene rings is 2. The highest BCUT2D eigenvalue weighted by Crippen LogP contribution is 2.38. The number of ether oxygens (including phenoxy) is 2. The van der Waals surface area contributed by atoms with Gasteiger partial charge in [-0.3, -0.25) is 4.99 Å². The van der Waals surface area contributed by atoms with Crippen molar-refractivity contribution in [2.45, 2.75) is 26.0 Å². The number of rotatable bonds is 5. The number of hydrogen-bond acceptors (Lipinski definition) is 3. The fourth-order valence-corrected chi connectivity index (χ4v) is 4.11. The Labute approximate surface area is 190 Å². The molecule has 1 atom stereocenters. The SMILES string of the molecule is CN=C(NCc1cccc(COc2ccccc2)c1)N1CCC2(CCOC2)C1.I. The minimum Gasteiger partial charge on any atom is -0.489 e. The zero-order chi connectivity index (χ0) is 19.2. The molecule has 1 unspecified atom stereocenters. The van der Waals surface area contributed by atoms with Crippen molar-refractivity contribution in [3.63, 3.8) is 0 Å². The summed E-state index contributed by atoms with van der Waals surface area (Å²) in [6.45, 7) is 5.21. The average molecular weight is 507 g/mol. The molecule has 5 nitrogen and oxygen atoms in total. The van der Waals surface area contributed by atoms with Crippen molar-refractivity contribution < 1.29 is 9.47 Å². The zero-order valence-electron chi connectivity index (χ0n) is 17.0. The molecule has 0 saturated carbocycles. The number of halogens is 1. The molecule has 2 aromatic rings. The van der Waals surface area contributed by atoms with Crippen molar-refractivity contribution >= 4 is 29.9 Å². The third-order valence-electron chi connectivity index (χ3n) is 5.73. The maximum atomic E-state index is 5.86. The van der Waals surface area contributed by atoms with Crippen molar-refractivity contribution in [2.75, 3.05) is 33.4 Å². The van der Waals surface area contributed by atoms with Crippen molar-refractivity contribution in [3.05, 3.63) is 65.7 Å². The molecule has 0 radical (unpaired) electrons. The molecule has 1 N–H and O–H groups in total. The van der Waals surface area contributed by atoms with Crippen LogP contribution in [0.1, 0.15) is 24.0 Å². The molecule has 0 amide bonds. The summed E-state index contributed by atoms with van der Waals surface area (Å²) < 4.78 is 11.5. The van der Waals surface area contributed by atoms with Crippen LogP contribution in [0, 0.1) is 5.41 Å². The third-order valence-corrected chi connectivity index (χ3v) is 5.73. The Hall–Kier alpha value is -1.80. The van der Waals surface area contributed by atoms with E-state index >= 15 is 0 Å². The monoisotopic (exact) mass is 507 g/mol. The van der Waals surface area contributed by atoms with Crippen LogP contribution in [0.2, 0.25) is 0 Å². The Morgan fingerprint density at radius 3 is 2.72 bits per heavy atom. The quantitative estimate of drug-likeness (QED) is 0.377. The molecule has 2 heterocycles. The summed E-state index contributed by atoms with van der Waals surface area (Å²) in [5, 5.41) is 3.53. The highest BCUT2D eigenvalue weighted by molar-refractivity contribution is 14.0. The lowest BCUT2D eigenvalue weighted by molar-refractivity contribution is 0.156. The Morgan fingerprint density at radius 1 is 1.14 bits per heavy atom. The van der Waals surface area contributed by atoms with E-state index in [9.17, 15) is 0 Å². The van der Waals surface area contributed by atoms with E-state index < -0.39 is 0 Å². The van der Waals surface area contributed by atoms with Gasteiger partial charge >= 0.3 is 0 Å². The second-order valence-electron chi connectivity index (χ2n) is 7.80. The lowest BCUT2D eigenvalue weighted by Gasteiger charge is -2.25. The van der Waals surface area contributed by atoms with Gasteiger partial charge in [-0.05, 0) is 36.1 Å². The average Bonchev–Trinajstić information content (AvgIpc) is 3.38. The van der Waals surface area contributed by atoms with Gasteiger partial charge in [0.2, 0.25) is 0 Å². The molecule has 1 spiro atoms.